The zero-order chi connectivity index (χ0) is 21.5. The summed E-state index contributed by atoms with van der Waals surface area (Å²) in [6, 6.07) is 20.5. The number of anilines is 1. The molecule has 1 aliphatic heterocycles. The molecule has 0 bridgehead atoms. The van der Waals surface area contributed by atoms with E-state index in [0.717, 1.165) is 31.0 Å². The van der Waals surface area contributed by atoms with Gasteiger partial charge in [-0.15, -0.1) is 0 Å². The Morgan fingerprint density at radius 3 is 2.77 bits per heavy atom. The molecule has 7 heteroatoms. The first-order valence-corrected chi connectivity index (χ1v) is 10.3. The number of nitrogens with zero attached hydrogens (tertiary/aromatic N) is 3. The predicted molar refractivity (Wildman–Crippen MR) is 121 cm³/mol. The van der Waals surface area contributed by atoms with E-state index >= 15 is 0 Å². The maximum atomic E-state index is 13.3. The van der Waals surface area contributed by atoms with Crippen LogP contribution in [0.4, 0.5) is 10.1 Å². The van der Waals surface area contributed by atoms with Crippen LogP contribution in [-0.4, -0.2) is 37.1 Å². The number of guanidine groups is 1. The van der Waals surface area contributed by atoms with Crippen molar-refractivity contribution in [3.05, 3.63) is 84.3 Å². The first-order valence-electron chi connectivity index (χ1n) is 10.3. The third-order valence-electron chi connectivity index (χ3n) is 5.15. The summed E-state index contributed by atoms with van der Waals surface area (Å²) >= 11 is 0. The molecule has 0 spiro atoms. The van der Waals surface area contributed by atoms with E-state index in [4.69, 9.17) is 4.74 Å². The van der Waals surface area contributed by atoms with Crippen molar-refractivity contribution in [3.8, 4) is 11.6 Å². The Morgan fingerprint density at radius 2 is 2.03 bits per heavy atom. The summed E-state index contributed by atoms with van der Waals surface area (Å²) in [6.45, 7) is 2.55. The van der Waals surface area contributed by atoms with Gasteiger partial charge in [0, 0.05) is 56.7 Å². The first-order chi connectivity index (χ1) is 15.2. The Kier molecular flexibility index (Phi) is 6.62. The molecule has 1 aliphatic rings. The molecule has 1 unspecified atom stereocenters. The molecule has 2 aromatic carbocycles. The van der Waals surface area contributed by atoms with E-state index in [1.807, 2.05) is 12.1 Å². The van der Waals surface area contributed by atoms with Gasteiger partial charge < -0.3 is 20.3 Å². The molecule has 1 fully saturated rings. The highest BCUT2D eigenvalue weighted by atomic mass is 19.1. The number of benzene rings is 2. The molecular weight excluding hydrogens is 393 g/mol. The van der Waals surface area contributed by atoms with Crippen molar-refractivity contribution in [2.75, 3.05) is 25.0 Å². The van der Waals surface area contributed by atoms with Gasteiger partial charge in [0.2, 0.25) is 5.88 Å². The van der Waals surface area contributed by atoms with Gasteiger partial charge in [-0.2, -0.15) is 0 Å². The van der Waals surface area contributed by atoms with Gasteiger partial charge in [-0.25, -0.2) is 9.37 Å². The van der Waals surface area contributed by atoms with Gasteiger partial charge in [0.1, 0.15) is 11.6 Å². The summed E-state index contributed by atoms with van der Waals surface area (Å²) in [6.07, 6.45) is 2.80. The molecule has 0 amide bonds. The first kappa shape index (κ1) is 20.7. The Balaban J connectivity index is 1.26. The van der Waals surface area contributed by atoms with E-state index in [0.29, 0.717) is 24.2 Å². The van der Waals surface area contributed by atoms with Crippen molar-refractivity contribution in [1.82, 2.24) is 15.6 Å². The smallest absolute Gasteiger partial charge is 0.219 e. The van der Waals surface area contributed by atoms with Crippen LogP contribution in [0.5, 0.6) is 11.6 Å². The number of aliphatic imine (C=N–C) groups is 1. The molecule has 1 aromatic heterocycles. The fourth-order valence-corrected chi connectivity index (χ4v) is 3.55. The number of aromatic nitrogens is 1. The number of hydrogen-bond acceptors (Lipinski definition) is 4. The molecule has 6 nitrogen and oxygen atoms in total. The molecule has 2 N–H and O–H groups in total. The van der Waals surface area contributed by atoms with E-state index in [1.165, 1.54) is 17.8 Å². The molecule has 160 valence electrons. The minimum atomic E-state index is -0.341. The lowest BCUT2D eigenvalue weighted by Crippen LogP contribution is -2.44. The van der Waals surface area contributed by atoms with Crippen LogP contribution in [0.15, 0.2) is 77.9 Å². The highest BCUT2D eigenvalue weighted by molar-refractivity contribution is 5.80. The van der Waals surface area contributed by atoms with Crippen LogP contribution in [0.25, 0.3) is 0 Å². The van der Waals surface area contributed by atoms with Crippen LogP contribution in [-0.2, 0) is 6.54 Å². The van der Waals surface area contributed by atoms with E-state index in [9.17, 15) is 4.39 Å². The third kappa shape index (κ3) is 5.72. The molecule has 3 aromatic rings. The SMILES string of the molecule is CN=C(NCc1ccc(Oc2cccc(F)c2)nc1)NC1CCN(c2ccccc2)C1. The van der Waals surface area contributed by atoms with Gasteiger partial charge in [-0.05, 0) is 36.2 Å². The van der Waals surface area contributed by atoms with Crippen molar-refractivity contribution in [2.24, 2.45) is 4.99 Å². The van der Waals surface area contributed by atoms with Crippen molar-refractivity contribution in [2.45, 2.75) is 19.0 Å². The standard InChI is InChI=1S/C24H26FN5O/c1-26-24(29-20-12-13-30(17-20)21-7-3-2-4-8-21)28-16-18-10-11-23(27-15-18)31-22-9-5-6-19(25)14-22/h2-11,14-15,20H,12-13,16-17H2,1H3,(H2,26,28,29). The van der Waals surface area contributed by atoms with Crippen LogP contribution < -0.4 is 20.3 Å². The molecule has 1 atom stereocenters. The second-order valence-corrected chi connectivity index (χ2v) is 7.40. The number of rotatable bonds is 6. The zero-order valence-corrected chi connectivity index (χ0v) is 17.5. The average Bonchev–Trinajstić information content (AvgIpc) is 3.27. The van der Waals surface area contributed by atoms with Crippen LogP contribution in [0.2, 0.25) is 0 Å². The maximum absolute atomic E-state index is 13.3. The van der Waals surface area contributed by atoms with Gasteiger partial charge in [0.25, 0.3) is 0 Å². The van der Waals surface area contributed by atoms with Gasteiger partial charge in [-0.1, -0.05) is 30.3 Å². The van der Waals surface area contributed by atoms with E-state index < -0.39 is 0 Å². The molecular formula is C24H26FN5O. The molecule has 2 heterocycles. The molecule has 4 rings (SSSR count). The van der Waals surface area contributed by atoms with Crippen LogP contribution in [0.3, 0.4) is 0 Å². The molecule has 31 heavy (non-hydrogen) atoms. The summed E-state index contributed by atoms with van der Waals surface area (Å²) in [5, 5.41) is 6.84. The summed E-state index contributed by atoms with van der Waals surface area (Å²) < 4.78 is 18.9. The van der Waals surface area contributed by atoms with Crippen LogP contribution in [0, 0.1) is 5.82 Å². The molecule has 0 saturated carbocycles. The number of halogens is 1. The largest absolute Gasteiger partial charge is 0.439 e. The van der Waals surface area contributed by atoms with Crippen LogP contribution >= 0.6 is 0 Å². The zero-order valence-electron chi connectivity index (χ0n) is 17.5. The molecule has 1 saturated heterocycles. The van der Waals surface area contributed by atoms with E-state index in [2.05, 4.69) is 49.8 Å². The number of para-hydroxylation sites is 1. The number of pyridine rings is 1. The lowest BCUT2D eigenvalue weighted by atomic mass is 10.2. The van der Waals surface area contributed by atoms with Gasteiger partial charge in [-0.3, -0.25) is 4.99 Å². The number of ether oxygens (including phenoxy) is 1. The maximum Gasteiger partial charge on any atom is 0.219 e. The monoisotopic (exact) mass is 419 g/mol. The summed E-state index contributed by atoms with van der Waals surface area (Å²) in [7, 11) is 1.77. The average molecular weight is 420 g/mol. The van der Waals surface area contributed by atoms with Crippen molar-refractivity contribution in [3.63, 3.8) is 0 Å². The minimum absolute atomic E-state index is 0.339. The van der Waals surface area contributed by atoms with Crippen LogP contribution in [0.1, 0.15) is 12.0 Å². The topological polar surface area (TPSA) is 61.8 Å². The van der Waals surface area contributed by atoms with Crippen molar-refractivity contribution < 1.29 is 9.13 Å². The fraction of sp³-hybridized carbons (Fsp3) is 0.250. The predicted octanol–water partition coefficient (Wildman–Crippen LogP) is 3.96. The highest BCUT2D eigenvalue weighted by Gasteiger charge is 2.23. The second kappa shape index (κ2) is 9.93. The Morgan fingerprint density at radius 1 is 1.16 bits per heavy atom. The van der Waals surface area contributed by atoms with Gasteiger partial charge >= 0.3 is 0 Å². The summed E-state index contributed by atoms with van der Waals surface area (Å²) in [5.74, 6) is 1.26. The van der Waals surface area contributed by atoms with E-state index in [-0.39, 0.29) is 5.82 Å². The quantitative estimate of drug-likeness (QED) is 0.468. The lowest BCUT2D eigenvalue weighted by molar-refractivity contribution is 0.457. The van der Waals surface area contributed by atoms with Gasteiger partial charge in [0.05, 0.1) is 0 Å². The number of hydrogen-bond donors (Lipinski definition) is 2. The van der Waals surface area contributed by atoms with Crippen molar-refractivity contribution in [1.29, 1.82) is 0 Å². The highest BCUT2D eigenvalue weighted by Crippen LogP contribution is 2.21. The second-order valence-electron chi connectivity index (χ2n) is 7.40. The molecule has 0 radical (unpaired) electrons. The minimum Gasteiger partial charge on any atom is -0.439 e. The lowest BCUT2D eigenvalue weighted by Gasteiger charge is -2.20. The van der Waals surface area contributed by atoms with Gasteiger partial charge in [0.15, 0.2) is 5.96 Å². The number of nitrogens with one attached hydrogen (secondary N) is 2. The summed E-state index contributed by atoms with van der Waals surface area (Å²) in [4.78, 5) is 11.0. The third-order valence-corrected chi connectivity index (χ3v) is 5.15. The molecule has 0 aliphatic carbocycles. The summed E-state index contributed by atoms with van der Waals surface area (Å²) in [5.41, 5.74) is 2.24. The van der Waals surface area contributed by atoms with Crippen molar-refractivity contribution >= 4 is 11.6 Å². The Labute approximate surface area is 181 Å². The Hall–Kier alpha value is -3.61. The fourth-order valence-electron chi connectivity index (χ4n) is 3.55. The normalized spacial score (nSPS) is 16.3. The van der Waals surface area contributed by atoms with E-state index in [1.54, 1.807) is 31.4 Å². The Bertz CT molecular complexity index is 1010.